The van der Waals surface area contributed by atoms with Gasteiger partial charge in [0.05, 0.1) is 6.42 Å². The molecular formula is C6H12N2O3. The molecule has 64 valence electrons. The highest BCUT2D eigenvalue weighted by molar-refractivity contribution is 5.86. The molecule has 0 saturated carbocycles. The van der Waals surface area contributed by atoms with E-state index in [1.807, 2.05) is 0 Å². The smallest absolute Gasteiger partial charge is 0.251 e. The van der Waals surface area contributed by atoms with Gasteiger partial charge in [0.15, 0.2) is 0 Å². The predicted octanol–water partition coefficient (Wildman–Crippen LogP) is -1.69. The normalized spacial score (nSPS) is 12.3. The highest BCUT2D eigenvalue weighted by atomic mass is 16.3. The number of amides is 2. The molecule has 0 rings (SSSR count). The van der Waals surface area contributed by atoms with Crippen molar-refractivity contribution in [3.05, 3.63) is 0 Å². The number of primary amides is 1. The lowest BCUT2D eigenvalue weighted by Crippen LogP contribution is -2.36. The fourth-order valence-electron chi connectivity index (χ4n) is 0.576. The average Bonchev–Trinajstić information content (AvgIpc) is 1.84. The summed E-state index contributed by atoms with van der Waals surface area (Å²) in [6, 6.07) is 0. The number of carbonyl (C=O) groups is 2. The van der Waals surface area contributed by atoms with Gasteiger partial charge in [0.1, 0.15) is 6.10 Å². The van der Waals surface area contributed by atoms with Gasteiger partial charge in [-0.25, -0.2) is 0 Å². The van der Waals surface area contributed by atoms with Crippen molar-refractivity contribution in [1.29, 1.82) is 0 Å². The summed E-state index contributed by atoms with van der Waals surface area (Å²) >= 11 is 0. The van der Waals surface area contributed by atoms with Crippen LogP contribution < -0.4 is 5.73 Å². The molecule has 0 radical (unpaired) electrons. The highest BCUT2D eigenvalue weighted by Crippen LogP contribution is 1.93. The van der Waals surface area contributed by atoms with Crippen molar-refractivity contribution in [3.8, 4) is 0 Å². The third-order valence-corrected chi connectivity index (χ3v) is 1.12. The fourth-order valence-corrected chi connectivity index (χ4v) is 0.576. The van der Waals surface area contributed by atoms with E-state index in [4.69, 9.17) is 10.8 Å². The van der Waals surface area contributed by atoms with Gasteiger partial charge in [-0.2, -0.15) is 0 Å². The maximum Gasteiger partial charge on any atom is 0.251 e. The van der Waals surface area contributed by atoms with Crippen molar-refractivity contribution in [3.63, 3.8) is 0 Å². The molecule has 0 spiro atoms. The maximum atomic E-state index is 10.8. The first-order valence-electron chi connectivity index (χ1n) is 3.12. The number of nitrogens with zero attached hydrogens (tertiary/aromatic N) is 1. The van der Waals surface area contributed by atoms with E-state index in [1.165, 1.54) is 19.0 Å². The molecule has 1 atom stereocenters. The lowest BCUT2D eigenvalue weighted by Gasteiger charge is -2.13. The Labute approximate surface area is 64.8 Å². The first-order chi connectivity index (χ1) is 4.95. The largest absolute Gasteiger partial charge is 0.383 e. The second kappa shape index (κ2) is 3.92. The molecule has 3 N–H and O–H groups in total. The zero-order valence-corrected chi connectivity index (χ0v) is 6.57. The van der Waals surface area contributed by atoms with E-state index in [1.54, 1.807) is 0 Å². The third-order valence-electron chi connectivity index (χ3n) is 1.12. The number of likely N-dealkylation sites (N-methyl/N-ethyl adjacent to an activating group) is 1. The molecule has 0 bridgehead atoms. The number of aliphatic hydroxyl groups excluding tert-OH is 1. The van der Waals surface area contributed by atoms with Gasteiger partial charge in [0, 0.05) is 14.1 Å². The van der Waals surface area contributed by atoms with Crippen molar-refractivity contribution in [2.45, 2.75) is 12.5 Å². The Morgan fingerprint density at radius 3 is 2.27 bits per heavy atom. The van der Waals surface area contributed by atoms with Gasteiger partial charge in [0.2, 0.25) is 5.91 Å². The minimum absolute atomic E-state index is 0.322. The Kier molecular flexibility index (Phi) is 3.53. The molecule has 0 aliphatic rings. The van der Waals surface area contributed by atoms with E-state index in [2.05, 4.69) is 0 Å². The van der Waals surface area contributed by atoms with Crippen LogP contribution in [0.2, 0.25) is 0 Å². The van der Waals surface area contributed by atoms with Gasteiger partial charge in [-0.3, -0.25) is 9.59 Å². The Hall–Kier alpha value is -1.10. The summed E-state index contributed by atoms with van der Waals surface area (Å²) in [7, 11) is 2.99. The number of rotatable bonds is 3. The first-order valence-corrected chi connectivity index (χ1v) is 3.12. The number of carbonyl (C=O) groups excluding carboxylic acids is 2. The van der Waals surface area contributed by atoms with Gasteiger partial charge < -0.3 is 15.7 Å². The van der Waals surface area contributed by atoms with Crippen molar-refractivity contribution in [1.82, 2.24) is 4.90 Å². The summed E-state index contributed by atoms with van der Waals surface area (Å²) in [4.78, 5) is 22.3. The van der Waals surface area contributed by atoms with Crippen LogP contribution in [0.25, 0.3) is 0 Å². The van der Waals surface area contributed by atoms with E-state index in [9.17, 15) is 9.59 Å². The summed E-state index contributed by atoms with van der Waals surface area (Å²) < 4.78 is 0. The monoisotopic (exact) mass is 160 g/mol. The minimum atomic E-state index is -1.30. The van der Waals surface area contributed by atoms with Gasteiger partial charge in [0.25, 0.3) is 5.91 Å². The number of aliphatic hydroxyl groups is 1. The molecule has 5 heteroatoms. The summed E-state index contributed by atoms with van der Waals surface area (Å²) in [6.07, 6.45) is -1.63. The van der Waals surface area contributed by atoms with Crippen LogP contribution in [0, 0.1) is 0 Å². The van der Waals surface area contributed by atoms with E-state index >= 15 is 0 Å². The lowest BCUT2D eigenvalue weighted by molar-refractivity contribution is -0.140. The van der Waals surface area contributed by atoms with Crippen LogP contribution in [0.5, 0.6) is 0 Å². The van der Waals surface area contributed by atoms with Crippen LogP contribution in [-0.4, -0.2) is 42.0 Å². The van der Waals surface area contributed by atoms with E-state index < -0.39 is 17.9 Å². The average molecular weight is 160 g/mol. The lowest BCUT2D eigenvalue weighted by atomic mass is 10.2. The molecule has 0 aromatic carbocycles. The Morgan fingerprint density at radius 1 is 1.55 bits per heavy atom. The van der Waals surface area contributed by atoms with Gasteiger partial charge >= 0.3 is 0 Å². The van der Waals surface area contributed by atoms with Crippen LogP contribution in [0.4, 0.5) is 0 Å². The number of hydrogen-bond donors (Lipinski definition) is 2. The van der Waals surface area contributed by atoms with Crippen LogP contribution in [0.3, 0.4) is 0 Å². The Bertz CT molecular complexity index is 167. The molecular weight excluding hydrogens is 148 g/mol. The highest BCUT2D eigenvalue weighted by Gasteiger charge is 2.18. The van der Waals surface area contributed by atoms with Crippen LogP contribution in [0.1, 0.15) is 6.42 Å². The zero-order chi connectivity index (χ0) is 9.02. The van der Waals surface area contributed by atoms with E-state index in [0.29, 0.717) is 0 Å². The van der Waals surface area contributed by atoms with Crippen molar-refractivity contribution in [2.24, 2.45) is 5.73 Å². The molecule has 0 aromatic heterocycles. The molecule has 0 heterocycles. The van der Waals surface area contributed by atoms with Crippen molar-refractivity contribution < 1.29 is 14.7 Å². The van der Waals surface area contributed by atoms with Gasteiger partial charge in [-0.05, 0) is 0 Å². The molecule has 0 aliphatic heterocycles. The Balaban J connectivity index is 3.93. The first kappa shape index (κ1) is 9.90. The SMILES string of the molecule is CN(C)C(=O)[C@@H](O)CC(N)=O. The summed E-state index contributed by atoms with van der Waals surface area (Å²) in [5.74, 6) is -1.20. The van der Waals surface area contributed by atoms with E-state index in [-0.39, 0.29) is 6.42 Å². The van der Waals surface area contributed by atoms with E-state index in [0.717, 1.165) is 0 Å². The molecule has 0 aromatic rings. The zero-order valence-electron chi connectivity index (χ0n) is 6.57. The summed E-state index contributed by atoms with van der Waals surface area (Å²) in [6.45, 7) is 0. The predicted molar refractivity (Wildman–Crippen MR) is 38.5 cm³/mol. The standard InChI is InChI=1S/C6H12N2O3/c1-8(2)6(11)4(9)3-5(7)10/h4,9H,3H2,1-2H3,(H2,7,10)/t4-/m0/s1. The Morgan fingerprint density at radius 2 is 2.00 bits per heavy atom. The fraction of sp³-hybridized carbons (Fsp3) is 0.667. The molecule has 11 heavy (non-hydrogen) atoms. The quantitative estimate of drug-likeness (QED) is 0.516. The van der Waals surface area contributed by atoms with Gasteiger partial charge in [-0.15, -0.1) is 0 Å². The number of nitrogens with two attached hydrogens (primary N) is 1. The molecule has 0 unspecified atom stereocenters. The van der Waals surface area contributed by atoms with Crippen LogP contribution in [0.15, 0.2) is 0 Å². The molecule has 0 saturated heterocycles. The second-order valence-corrected chi connectivity index (χ2v) is 2.42. The molecule has 2 amide bonds. The third kappa shape index (κ3) is 3.57. The minimum Gasteiger partial charge on any atom is -0.383 e. The summed E-state index contributed by atoms with van der Waals surface area (Å²) in [5, 5.41) is 8.97. The van der Waals surface area contributed by atoms with Crippen LogP contribution >= 0.6 is 0 Å². The number of hydrogen-bond acceptors (Lipinski definition) is 3. The molecule has 0 aliphatic carbocycles. The van der Waals surface area contributed by atoms with Gasteiger partial charge in [-0.1, -0.05) is 0 Å². The van der Waals surface area contributed by atoms with Crippen molar-refractivity contribution >= 4 is 11.8 Å². The second-order valence-electron chi connectivity index (χ2n) is 2.42. The van der Waals surface area contributed by atoms with Crippen molar-refractivity contribution in [2.75, 3.05) is 14.1 Å². The maximum absolute atomic E-state index is 10.8. The topological polar surface area (TPSA) is 83.6 Å². The molecule has 5 nitrogen and oxygen atoms in total. The van der Waals surface area contributed by atoms with Crippen LogP contribution in [-0.2, 0) is 9.59 Å². The molecule has 0 fully saturated rings. The summed E-state index contributed by atoms with van der Waals surface area (Å²) in [5.41, 5.74) is 4.76.